The van der Waals surface area contributed by atoms with Crippen molar-refractivity contribution in [1.82, 2.24) is 0 Å². The van der Waals surface area contributed by atoms with Gasteiger partial charge in [-0.25, -0.2) is 11.6 Å². The second-order valence-corrected chi connectivity index (χ2v) is 3.59. The molecule has 0 radical (unpaired) electrons. The van der Waals surface area contributed by atoms with Crippen molar-refractivity contribution in [3.63, 3.8) is 0 Å². The van der Waals surface area contributed by atoms with E-state index in [9.17, 15) is 0 Å². The van der Waals surface area contributed by atoms with Crippen LogP contribution in [0, 0.1) is 6.58 Å². The van der Waals surface area contributed by atoms with E-state index >= 15 is 0 Å². The van der Waals surface area contributed by atoms with Gasteiger partial charge in [0.05, 0.1) is 0 Å². The van der Waals surface area contributed by atoms with Crippen molar-refractivity contribution in [1.29, 1.82) is 0 Å². The average Bonchev–Trinajstić information content (AvgIpc) is 2.47. The van der Waals surface area contributed by atoms with Crippen LogP contribution in [0.4, 0.5) is 0 Å². The summed E-state index contributed by atoms with van der Waals surface area (Å²) < 4.78 is 0. The van der Waals surface area contributed by atoms with E-state index in [-0.39, 0.29) is 21.7 Å². The van der Waals surface area contributed by atoms with Gasteiger partial charge in [-0.05, 0) is 13.8 Å². The van der Waals surface area contributed by atoms with Crippen LogP contribution in [0.3, 0.4) is 0 Å². The van der Waals surface area contributed by atoms with Crippen LogP contribution in [0.15, 0.2) is 42.0 Å². The summed E-state index contributed by atoms with van der Waals surface area (Å²) in [5.41, 5.74) is 1.12. The Bertz CT molecular complexity index is 208. The number of rotatable bonds is 2. The van der Waals surface area contributed by atoms with Gasteiger partial charge >= 0.3 is 21.7 Å². The van der Waals surface area contributed by atoms with Gasteiger partial charge in [-0.3, -0.25) is 6.58 Å². The molecule has 0 aliphatic heterocycles. The van der Waals surface area contributed by atoms with Crippen LogP contribution in [-0.2, 0) is 21.7 Å². The number of hydrogen-bond donors (Lipinski definition) is 0. The van der Waals surface area contributed by atoms with E-state index in [4.69, 9.17) is 6.58 Å². The van der Waals surface area contributed by atoms with Gasteiger partial charge in [0.2, 0.25) is 0 Å². The van der Waals surface area contributed by atoms with Gasteiger partial charge in [0.15, 0.2) is 0 Å². The monoisotopic (exact) mass is 343 g/mol. The van der Waals surface area contributed by atoms with Gasteiger partial charge < -0.3 is 16.0 Å². The quantitative estimate of drug-likeness (QED) is 0.338. The van der Waals surface area contributed by atoms with Crippen molar-refractivity contribution < 1.29 is 21.7 Å². The van der Waals surface area contributed by atoms with Crippen molar-refractivity contribution in [3.8, 4) is 0 Å². The van der Waals surface area contributed by atoms with Crippen molar-refractivity contribution >= 4 is 0 Å². The van der Waals surface area contributed by atoms with Crippen LogP contribution in [0.2, 0.25) is 0 Å². The Hall–Kier alpha value is -0.446. The van der Waals surface area contributed by atoms with Gasteiger partial charge in [0.1, 0.15) is 0 Å². The van der Waals surface area contributed by atoms with E-state index < -0.39 is 0 Å². The summed E-state index contributed by atoms with van der Waals surface area (Å²) >= 11 is 0. The van der Waals surface area contributed by atoms with E-state index in [0.29, 0.717) is 0 Å². The molecule has 128 valence electrons. The molecule has 22 heavy (non-hydrogen) atoms. The molecule has 0 rings (SSSR count). The number of nitrogens with zero attached hydrogens (tertiary/aromatic N) is 3. The molecule has 0 bridgehead atoms. The summed E-state index contributed by atoms with van der Waals surface area (Å²) in [6.45, 7) is 13.0. The smallest absolute Gasteiger partial charge is 0.668 e. The van der Waals surface area contributed by atoms with Crippen molar-refractivity contribution in [2.45, 2.75) is 27.7 Å². The van der Waals surface area contributed by atoms with E-state index in [1.54, 1.807) is 48.4 Å². The molecule has 0 aliphatic carbocycles. The zero-order chi connectivity index (χ0) is 17.9. The zero-order valence-corrected chi connectivity index (χ0v) is 17.9. The van der Waals surface area contributed by atoms with E-state index in [1.807, 2.05) is 58.1 Å². The summed E-state index contributed by atoms with van der Waals surface area (Å²) in [6, 6.07) is 0. The molecule has 3 nitrogen and oxygen atoms in total. The number of allylic oxidation sites excluding steroid dienone is 7. The fourth-order valence-electron chi connectivity index (χ4n) is 0.318. The summed E-state index contributed by atoms with van der Waals surface area (Å²) in [5.74, 6) is 0. The fraction of sp³-hybridized carbons (Fsp3) is 0.556. The molecule has 0 heterocycles. The third kappa shape index (κ3) is 157. The minimum atomic E-state index is 0. The number of hydrogen-bond acceptors (Lipinski definition) is 0. The normalized spacial score (nSPS) is 8.73. The predicted molar refractivity (Wildman–Crippen MR) is 104 cm³/mol. The first kappa shape index (κ1) is 37.6. The zero-order valence-electron chi connectivity index (χ0n) is 16.4. The Labute approximate surface area is 156 Å². The Kier molecular flexibility index (Phi) is 101. The largest absolute Gasteiger partial charge is 4.00 e. The van der Waals surface area contributed by atoms with E-state index in [2.05, 4.69) is 16.0 Å². The van der Waals surface area contributed by atoms with Gasteiger partial charge in [0.25, 0.3) is 0 Å². The molecule has 0 saturated carbocycles. The van der Waals surface area contributed by atoms with Crippen LogP contribution in [-0.4, -0.2) is 42.3 Å². The Balaban J connectivity index is -0.0000000376. The molecule has 0 spiro atoms. The Morgan fingerprint density at radius 1 is 0.727 bits per heavy atom. The molecule has 0 aromatic carbocycles. The van der Waals surface area contributed by atoms with E-state index in [0.717, 1.165) is 5.57 Å². The molecule has 0 N–H and O–H groups in total. The third-order valence-electron chi connectivity index (χ3n) is 1.21. The molecule has 0 aromatic rings. The molecular weight excluding hydrogens is 306 g/mol. The maximum Gasteiger partial charge on any atom is 4.00 e. The van der Waals surface area contributed by atoms with Gasteiger partial charge in [-0.2, -0.15) is 48.4 Å². The van der Waals surface area contributed by atoms with Crippen LogP contribution < -0.4 is 0 Å². The maximum absolute atomic E-state index is 5.09. The van der Waals surface area contributed by atoms with E-state index in [1.165, 1.54) is 0 Å². The molecule has 4 heteroatoms. The molecule has 0 unspecified atom stereocenters. The summed E-state index contributed by atoms with van der Waals surface area (Å²) in [7, 11) is 10.5. The predicted octanol–water partition coefficient (Wildman–Crippen LogP) is 5.94. The first-order valence-corrected chi connectivity index (χ1v) is 6.83. The van der Waals surface area contributed by atoms with Crippen molar-refractivity contribution in [2.24, 2.45) is 0 Å². The standard InChI is InChI=1S/C6H9.C6H10.3C2H6N.Ti/c1-4-6(3)5-2;1-3-5-6-4-2;3*1-3-2;/h1,4-5H,2-3H3;3-6H,1-2H3;3*1-2H3;/q-1;;3*-1;+4. The topological polar surface area (TPSA) is 42.3 Å². The van der Waals surface area contributed by atoms with Crippen LogP contribution >= 0.6 is 0 Å². The average molecular weight is 343 g/mol. The van der Waals surface area contributed by atoms with Gasteiger partial charge in [-0.1, -0.05) is 31.2 Å². The molecule has 0 amide bonds. The molecule has 0 fully saturated rings. The van der Waals surface area contributed by atoms with Crippen LogP contribution in [0.1, 0.15) is 27.7 Å². The third-order valence-corrected chi connectivity index (χ3v) is 1.21. The minimum Gasteiger partial charge on any atom is -0.668 e. The first-order valence-electron chi connectivity index (χ1n) is 6.83. The molecule has 0 saturated heterocycles. The summed E-state index contributed by atoms with van der Waals surface area (Å²) in [4.78, 5) is 0. The van der Waals surface area contributed by atoms with Crippen LogP contribution in [0.25, 0.3) is 16.0 Å². The van der Waals surface area contributed by atoms with Crippen molar-refractivity contribution in [3.05, 3.63) is 64.6 Å². The first-order chi connectivity index (χ1) is 9.96. The SMILES string of the molecule is CC=CC=CC.C[N-]C.C[N-]C.C[N-]C.[CH-]=CC(C)=CC.[Ti+4]. The second-order valence-electron chi connectivity index (χ2n) is 3.59. The summed E-state index contributed by atoms with van der Waals surface area (Å²) in [6.07, 6.45) is 11.5. The van der Waals surface area contributed by atoms with Gasteiger partial charge in [-0.15, -0.1) is 6.92 Å². The fourth-order valence-corrected chi connectivity index (χ4v) is 0.318. The molecule has 0 aromatic heterocycles. The summed E-state index contributed by atoms with van der Waals surface area (Å²) in [5, 5.41) is 10.5. The second kappa shape index (κ2) is 58.9. The molecule has 0 aliphatic rings. The van der Waals surface area contributed by atoms with Crippen LogP contribution in [0.5, 0.6) is 0 Å². The van der Waals surface area contributed by atoms with Crippen molar-refractivity contribution in [2.75, 3.05) is 42.3 Å². The Morgan fingerprint density at radius 2 is 0.955 bits per heavy atom. The Morgan fingerprint density at radius 3 is 1.00 bits per heavy atom. The molecule has 0 atom stereocenters. The maximum atomic E-state index is 5.09. The molecular formula is C18H37N3Ti. The van der Waals surface area contributed by atoms with Gasteiger partial charge in [0, 0.05) is 0 Å². The minimum absolute atomic E-state index is 0.